The summed E-state index contributed by atoms with van der Waals surface area (Å²) in [6.45, 7) is 0. The van der Waals surface area contributed by atoms with Gasteiger partial charge in [0.05, 0.1) is 0 Å². The van der Waals surface area contributed by atoms with Crippen LogP contribution in [-0.4, -0.2) is 10.9 Å². The fourth-order valence-electron chi connectivity index (χ4n) is 1.44. The van der Waals surface area contributed by atoms with E-state index in [0.29, 0.717) is 5.52 Å². The maximum Gasteiger partial charge on any atom is 0.270 e. The predicted octanol–water partition coefficient (Wildman–Crippen LogP) is 0.271. The first kappa shape index (κ1) is 10.3. The van der Waals surface area contributed by atoms with Gasteiger partial charge in [-0.1, -0.05) is 0 Å². The van der Waals surface area contributed by atoms with Crippen LogP contribution in [-0.2, 0) is 0 Å². The summed E-state index contributed by atoms with van der Waals surface area (Å²) in [5, 5.41) is 0.112. The molecule has 0 bridgehead atoms. The number of H-pyrrole nitrogens is 1. The van der Waals surface area contributed by atoms with Gasteiger partial charge in [0.1, 0.15) is 11.4 Å². The third-order valence-corrected chi connectivity index (χ3v) is 2.22. The smallest absolute Gasteiger partial charge is 0.270 e. The Morgan fingerprint density at radius 3 is 2.88 bits per heavy atom. The summed E-state index contributed by atoms with van der Waals surface area (Å²) in [6, 6.07) is 3.72. The van der Waals surface area contributed by atoms with E-state index in [1.807, 2.05) is 5.43 Å². The number of amides is 1. The minimum atomic E-state index is -0.715. The molecule has 1 heterocycles. The Morgan fingerprint density at radius 2 is 2.19 bits per heavy atom. The highest BCUT2D eigenvalue weighted by molar-refractivity contribution is 5.96. The van der Waals surface area contributed by atoms with Gasteiger partial charge in [-0.15, -0.1) is 0 Å². The lowest BCUT2D eigenvalue weighted by atomic mass is 10.1. The number of benzene rings is 1. The van der Waals surface area contributed by atoms with Gasteiger partial charge in [0.25, 0.3) is 5.91 Å². The highest BCUT2D eigenvalue weighted by Gasteiger charge is 2.11. The molecular weight excluding hydrogens is 213 g/mol. The number of hydrogen-bond acceptors (Lipinski definition) is 3. The number of hydrogen-bond donors (Lipinski definition) is 3. The molecule has 1 aromatic carbocycles. The Bertz CT molecular complexity index is 621. The number of nitrogens with one attached hydrogen (secondary N) is 2. The summed E-state index contributed by atoms with van der Waals surface area (Å²) in [4.78, 5) is 25.7. The highest BCUT2D eigenvalue weighted by atomic mass is 19.1. The summed E-state index contributed by atoms with van der Waals surface area (Å²) in [5.74, 6) is 3.67. The predicted molar refractivity (Wildman–Crippen MR) is 56.2 cm³/mol. The summed E-state index contributed by atoms with van der Waals surface area (Å²) in [5.41, 5.74) is 1.60. The molecule has 16 heavy (non-hydrogen) atoms. The van der Waals surface area contributed by atoms with E-state index in [4.69, 9.17) is 5.84 Å². The molecule has 2 aromatic rings. The van der Waals surface area contributed by atoms with E-state index < -0.39 is 17.2 Å². The number of carbonyl (C=O) groups excluding carboxylic acids is 1. The standard InChI is InChI=1S/C10H8FN3O2/c11-5-1-2-8-6(3-5)9(15)7(4-13-8)10(16)14-12/h1-4H,12H2,(H,13,15)(H,14,16). The zero-order valence-electron chi connectivity index (χ0n) is 8.08. The van der Waals surface area contributed by atoms with Crippen molar-refractivity contribution in [3.8, 4) is 0 Å². The molecule has 0 aliphatic rings. The third kappa shape index (κ3) is 1.55. The van der Waals surface area contributed by atoms with Crippen LogP contribution in [0.4, 0.5) is 4.39 Å². The maximum atomic E-state index is 13.0. The lowest BCUT2D eigenvalue weighted by Crippen LogP contribution is -2.33. The fraction of sp³-hybridized carbons (Fsp3) is 0. The van der Waals surface area contributed by atoms with Crippen LogP contribution in [0.5, 0.6) is 0 Å². The average molecular weight is 221 g/mol. The van der Waals surface area contributed by atoms with Crippen LogP contribution in [0.25, 0.3) is 10.9 Å². The summed E-state index contributed by atoms with van der Waals surface area (Å²) < 4.78 is 13.0. The van der Waals surface area contributed by atoms with Crippen molar-refractivity contribution >= 4 is 16.8 Å². The first-order valence-electron chi connectivity index (χ1n) is 4.45. The number of aromatic nitrogens is 1. The first-order chi connectivity index (χ1) is 7.63. The summed E-state index contributed by atoms with van der Waals surface area (Å²) in [7, 11) is 0. The number of hydrazine groups is 1. The van der Waals surface area contributed by atoms with E-state index in [0.717, 1.165) is 6.07 Å². The van der Waals surface area contributed by atoms with E-state index in [2.05, 4.69) is 4.98 Å². The number of aromatic amines is 1. The van der Waals surface area contributed by atoms with Crippen LogP contribution in [0.1, 0.15) is 10.4 Å². The number of carbonyl (C=O) groups is 1. The van der Waals surface area contributed by atoms with Crippen LogP contribution in [0.3, 0.4) is 0 Å². The number of rotatable bonds is 1. The molecule has 0 fully saturated rings. The van der Waals surface area contributed by atoms with Crippen molar-refractivity contribution in [1.29, 1.82) is 0 Å². The Balaban J connectivity index is 2.78. The number of pyridine rings is 1. The van der Waals surface area contributed by atoms with Crippen LogP contribution >= 0.6 is 0 Å². The van der Waals surface area contributed by atoms with Crippen molar-refractivity contribution in [3.05, 3.63) is 46.0 Å². The zero-order valence-corrected chi connectivity index (χ0v) is 8.08. The van der Waals surface area contributed by atoms with Gasteiger partial charge >= 0.3 is 0 Å². The van der Waals surface area contributed by atoms with E-state index in [1.54, 1.807) is 0 Å². The van der Waals surface area contributed by atoms with Gasteiger partial charge in [0.2, 0.25) is 5.43 Å². The van der Waals surface area contributed by atoms with Gasteiger partial charge in [0.15, 0.2) is 0 Å². The van der Waals surface area contributed by atoms with Gasteiger partial charge in [-0.25, -0.2) is 10.2 Å². The van der Waals surface area contributed by atoms with E-state index in [9.17, 15) is 14.0 Å². The van der Waals surface area contributed by atoms with Gasteiger partial charge in [-0.2, -0.15) is 0 Å². The van der Waals surface area contributed by atoms with Crippen molar-refractivity contribution in [2.75, 3.05) is 0 Å². The molecule has 0 unspecified atom stereocenters. The van der Waals surface area contributed by atoms with Gasteiger partial charge in [-0.3, -0.25) is 15.0 Å². The molecule has 0 aliphatic carbocycles. The van der Waals surface area contributed by atoms with Gasteiger partial charge in [0, 0.05) is 17.1 Å². The van der Waals surface area contributed by atoms with Crippen LogP contribution in [0.15, 0.2) is 29.2 Å². The number of fused-ring (bicyclic) bond motifs is 1. The summed E-state index contributed by atoms with van der Waals surface area (Å²) in [6.07, 6.45) is 1.24. The molecule has 0 spiro atoms. The zero-order chi connectivity index (χ0) is 11.7. The van der Waals surface area contributed by atoms with Crippen molar-refractivity contribution in [3.63, 3.8) is 0 Å². The fourth-order valence-corrected chi connectivity index (χ4v) is 1.44. The van der Waals surface area contributed by atoms with Crippen molar-refractivity contribution < 1.29 is 9.18 Å². The molecule has 82 valence electrons. The molecule has 6 heteroatoms. The van der Waals surface area contributed by atoms with Crippen LogP contribution < -0.4 is 16.7 Å². The maximum absolute atomic E-state index is 13.0. The van der Waals surface area contributed by atoms with E-state index >= 15 is 0 Å². The van der Waals surface area contributed by atoms with E-state index in [1.165, 1.54) is 18.3 Å². The van der Waals surface area contributed by atoms with Crippen molar-refractivity contribution in [2.24, 2.45) is 5.84 Å². The molecule has 1 amide bonds. The average Bonchev–Trinajstić information content (AvgIpc) is 2.29. The third-order valence-electron chi connectivity index (χ3n) is 2.22. The molecule has 0 saturated carbocycles. The molecule has 2 rings (SSSR count). The first-order valence-corrected chi connectivity index (χ1v) is 4.45. The van der Waals surface area contributed by atoms with E-state index in [-0.39, 0.29) is 10.9 Å². The quantitative estimate of drug-likeness (QED) is 0.367. The highest BCUT2D eigenvalue weighted by Crippen LogP contribution is 2.09. The second-order valence-electron chi connectivity index (χ2n) is 3.19. The Morgan fingerprint density at radius 1 is 1.44 bits per heavy atom. The molecular formula is C10H8FN3O2. The normalized spacial score (nSPS) is 10.4. The molecule has 0 saturated heterocycles. The molecule has 5 nitrogen and oxygen atoms in total. The second-order valence-corrected chi connectivity index (χ2v) is 3.19. The minimum absolute atomic E-state index is 0.112. The Kier molecular flexibility index (Phi) is 2.41. The van der Waals surface area contributed by atoms with Crippen molar-refractivity contribution in [1.82, 2.24) is 10.4 Å². The molecule has 0 radical (unpaired) electrons. The Hall–Kier alpha value is -2.21. The lowest BCUT2D eigenvalue weighted by molar-refractivity contribution is 0.0952. The van der Waals surface area contributed by atoms with Gasteiger partial charge < -0.3 is 4.98 Å². The number of nitrogen functional groups attached to an aromatic ring is 1. The van der Waals surface area contributed by atoms with Crippen LogP contribution in [0, 0.1) is 5.82 Å². The Labute approximate surface area is 89.0 Å². The van der Waals surface area contributed by atoms with Crippen LogP contribution in [0.2, 0.25) is 0 Å². The topological polar surface area (TPSA) is 88.0 Å². The lowest BCUT2D eigenvalue weighted by Gasteiger charge is -2.01. The van der Waals surface area contributed by atoms with Crippen molar-refractivity contribution in [2.45, 2.75) is 0 Å². The van der Waals surface area contributed by atoms with Gasteiger partial charge in [-0.05, 0) is 18.2 Å². The second kappa shape index (κ2) is 3.74. The summed E-state index contributed by atoms with van der Waals surface area (Å²) >= 11 is 0. The largest absolute Gasteiger partial charge is 0.360 e. The molecule has 1 aromatic heterocycles. The SMILES string of the molecule is NNC(=O)c1c[nH]c2ccc(F)cc2c1=O. The number of halogens is 1. The number of nitrogens with two attached hydrogens (primary N) is 1. The molecule has 0 atom stereocenters. The molecule has 0 aliphatic heterocycles. The molecule has 4 N–H and O–H groups in total. The monoisotopic (exact) mass is 221 g/mol. The minimum Gasteiger partial charge on any atom is -0.360 e.